The first-order chi connectivity index (χ1) is 12.6. The Kier molecular flexibility index (Phi) is 5.63. The predicted octanol–water partition coefficient (Wildman–Crippen LogP) is 1.56. The third kappa shape index (κ3) is 4.26. The van der Waals surface area contributed by atoms with Gasteiger partial charge >= 0.3 is 0 Å². The maximum Gasteiger partial charge on any atom is 0.254 e. The number of hydrogen-bond acceptors (Lipinski definition) is 4. The number of hydrogen-bond donors (Lipinski definition) is 1. The minimum Gasteiger partial charge on any atom is -0.361 e. The molecule has 2 amide bonds. The third-order valence-electron chi connectivity index (χ3n) is 4.53. The number of amides is 2. The maximum absolute atomic E-state index is 13.1. The molecule has 0 saturated carbocycles. The van der Waals surface area contributed by atoms with Crippen molar-refractivity contribution in [1.29, 1.82) is 0 Å². The van der Waals surface area contributed by atoms with Gasteiger partial charge in [-0.15, -0.1) is 0 Å². The monoisotopic (exact) mass is 353 g/mol. The molecular formula is C20H23N3O3. The molecule has 0 bridgehead atoms. The van der Waals surface area contributed by atoms with E-state index in [0.717, 1.165) is 11.3 Å². The molecule has 26 heavy (non-hydrogen) atoms. The van der Waals surface area contributed by atoms with E-state index in [1.807, 2.05) is 48.5 Å². The van der Waals surface area contributed by atoms with Crippen LogP contribution in [0.3, 0.4) is 0 Å². The largest absolute Gasteiger partial charge is 0.361 e. The molecular weight excluding hydrogens is 330 g/mol. The second-order valence-corrected chi connectivity index (χ2v) is 6.45. The van der Waals surface area contributed by atoms with Crippen LogP contribution < -0.4 is 5.32 Å². The van der Waals surface area contributed by atoms with Gasteiger partial charge in [-0.05, 0) is 17.7 Å². The van der Waals surface area contributed by atoms with Gasteiger partial charge in [-0.25, -0.2) is 0 Å². The lowest BCUT2D eigenvalue weighted by Gasteiger charge is -2.41. The van der Waals surface area contributed by atoms with Crippen LogP contribution in [0.25, 0.3) is 0 Å². The summed E-state index contributed by atoms with van der Waals surface area (Å²) in [6, 6.07) is 15.3. The van der Waals surface area contributed by atoms with Crippen molar-refractivity contribution in [3.8, 4) is 0 Å². The Balaban J connectivity index is 1.79. The summed E-state index contributed by atoms with van der Waals surface area (Å²) in [4.78, 5) is 30.9. The van der Waals surface area contributed by atoms with E-state index in [1.165, 1.54) is 6.92 Å². The Hall–Kier alpha value is -2.73. The highest BCUT2D eigenvalue weighted by atomic mass is 16.5. The number of ether oxygens (including phenoxy) is 1. The van der Waals surface area contributed by atoms with Gasteiger partial charge in [0.05, 0.1) is 13.2 Å². The number of morpholine rings is 1. The molecule has 1 aromatic carbocycles. The third-order valence-corrected chi connectivity index (χ3v) is 4.53. The van der Waals surface area contributed by atoms with Crippen LogP contribution in [0, 0.1) is 0 Å². The number of carbonyl (C=O) groups excluding carboxylic acids is 2. The molecule has 3 rings (SSSR count). The van der Waals surface area contributed by atoms with E-state index in [0.29, 0.717) is 26.1 Å². The second kappa shape index (κ2) is 8.10. The normalized spacial score (nSPS) is 19.8. The molecule has 1 fully saturated rings. The molecule has 6 nitrogen and oxygen atoms in total. The van der Waals surface area contributed by atoms with E-state index >= 15 is 0 Å². The standard InChI is InChI=1S/C20H23N3O3/c1-16(24)23-11-12-26-20(15-23,13-18-9-5-6-10-21-18)19(25)22-14-17-7-3-2-4-8-17/h2-10H,11-15H2,1H3,(H,22,25). The summed E-state index contributed by atoms with van der Waals surface area (Å²) in [5.74, 6) is -0.285. The zero-order valence-electron chi connectivity index (χ0n) is 14.9. The van der Waals surface area contributed by atoms with Gasteiger partial charge in [0.1, 0.15) is 0 Å². The molecule has 1 aliphatic rings. The molecule has 1 N–H and O–H groups in total. The highest BCUT2D eigenvalue weighted by Gasteiger charge is 2.44. The summed E-state index contributed by atoms with van der Waals surface area (Å²) in [5.41, 5.74) is 0.633. The highest BCUT2D eigenvalue weighted by Crippen LogP contribution is 2.23. The van der Waals surface area contributed by atoms with Gasteiger partial charge in [0.15, 0.2) is 5.60 Å². The topological polar surface area (TPSA) is 71.5 Å². The molecule has 2 heterocycles. The van der Waals surface area contributed by atoms with Gasteiger partial charge in [-0.2, -0.15) is 0 Å². The van der Waals surface area contributed by atoms with Crippen LogP contribution in [-0.2, 0) is 27.3 Å². The van der Waals surface area contributed by atoms with Crippen molar-refractivity contribution in [3.05, 3.63) is 66.0 Å². The minimum atomic E-state index is -1.13. The molecule has 1 aromatic heterocycles. The van der Waals surface area contributed by atoms with Crippen molar-refractivity contribution in [3.63, 3.8) is 0 Å². The molecule has 6 heteroatoms. The van der Waals surface area contributed by atoms with Crippen LogP contribution in [-0.4, -0.2) is 47.0 Å². The quantitative estimate of drug-likeness (QED) is 0.885. The second-order valence-electron chi connectivity index (χ2n) is 6.45. The van der Waals surface area contributed by atoms with Gasteiger partial charge in [-0.1, -0.05) is 36.4 Å². The lowest BCUT2D eigenvalue weighted by molar-refractivity contribution is -0.165. The number of rotatable bonds is 5. The summed E-state index contributed by atoms with van der Waals surface area (Å²) in [5, 5.41) is 2.96. The Morgan fingerprint density at radius 1 is 1.19 bits per heavy atom. The van der Waals surface area contributed by atoms with Gasteiger partial charge in [0.2, 0.25) is 5.91 Å². The van der Waals surface area contributed by atoms with Crippen molar-refractivity contribution in [1.82, 2.24) is 15.2 Å². The smallest absolute Gasteiger partial charge is 0.254 e. The number of nitrogens with one attached hydrogen (secondary N) is 1. The fourth-order valence-corrected chi connectivity index (χ4v) is 3.11. The number of benzene rings is 1. The van der Waals surface area contributed by atoms with Crippen LogP contribution in [0.5, 0.6) is 0 Å². The van der Waals surface area contributed by atoms with E-state index in [4.69, 9.17) is 4.74 Å². The molecule has 0 spiro atoms. The van der Waals surface area contributed by atoms with Crippen LogP contribution >= 0.6 is 0 Å². The molecule has 0 radical (unpaired) electrons. The van der Waals surface area contributed by atoms with E-state index < -0.39 is 5.60 Å². The van der Waals surface area contributed by atoms with E-state index in [-0.39, 0.29) is 18.4 Å². The van der Waals surface area contributed by atoms with E-state index in [9.17, 15) is 9.59 Å². The van der Waals surface area contributed by atoms with Crippen LogP contribution in [0.1, 0.15) is 18.2 Å². The summed E-state index contributed by atoms with van der Waals surface area (Å²) in [6.07, 6.45) is 2.01. The zero-order valence-corrected chi connectivity index (χ0v) is 14.9. The van der Waals surface area contributed by atoms with Crippen molar-refractivity contribution >= 4 is 11.8 Å². The Morgan fingerprint density at radius 2 is 1.96 bits per heavy atom. The van der Waals surface area contributed by atoms with Crippen molar-refractivity contribution in [2.45, 2.75) is 25.5 Å². The van der Waals surface area contributed by atoms with Crippen molar-refractivity contribution < 1.29 is 14.3 Å². The molecule has 1 atom stereocenters. The first-order valence-corrected chi connectivity index (χ1v) is 8.71. The van der Waals surface area contributed by atoms with Gasteiger partial charge in [-0.3, -0.25) is 14.6 Å². The summed E-state index contributed by atoms with van der Waals surface area (Å²) in [7, 11) is 0. The number of carbonyl (C=O) groups is 2. The summed E-state index contributed by atoms with van der Waals surface area (Å²) in [6.45, 7) is 2.96. The SMILES string of the molecule is CC(=O)N1CCOC(Cc2ccccn2)(C(=O)NCc2ccccc2)C1. The number of nitrogens with zero attached hydrogens (tertiary/aromatic N) is 2. The first kappa shape index (κ1) is 18.1. The molecule has 1 saturated heterocycles. The number of pyridine rings is 1. The van der Waals surface area contributed by atoms with Gasteiger partial charge in [0.25, 0.3) is 5.91 Å². The van der Waals surface area contributed by atoms with Crippen molar-refractivity contribution in [2.24, 2.45) is 0 Å². The average Bonchev–Trinajstić information content (AvgIpc) is 2.68. The summed E-state index contributed by atoms with van der Waals surface area (Å²) >= 11 is 0. The fourth-order valence-electron chi connectivity index (χ4n) is 3.11. The van der Waals surface area contributed by atoms with Gasteiger partial charge < -0.3 is 15.0 Å². The minimum absolute atomic E-state index is 0.0606. The molecule has 1 unspecified atom stereocenters. The van der Waals surface area contributed by atoms with E-state index in [2.05, 4.69) is 10.3 Å². The lowest BCUT2D eigenvalue weighted by atomic mass is 9.93. The zero-order chi connectivity index (χ0) is 18.4. The van der Waals surface area contributed by atoms with Gasteiger partial charge in [0, 0.05) is 38.3 Å². The van der Waals surface area contributed by atoms with Crippen LogP contribution in [0.4, 0.5) is 0 Å². The Bertz CT molecular complexity index is 751. The summed E-state index contributed by atoms with van der Waals surface area (Å²) < 4.78 is 5.95. The van der Waals surface area contributed by atoms with E-state index in [1.54, 1.807) is 11.1 Å². The molecule has 136 valence electrons. The molecule has 1 aliphatic heterocycles. The Morgan fingerprint density at radius 3 is 2.65 bits per heavy atom. The Labute approximate surface area is 153 Å². The lowest BCUT2D eigenvalue weighted by Crippen LogP contribution is -2.61. The van der Waals surface area contributed by atoms with Crippen LogP contribution in [0.15, 0.2) is 54.7 Å². The fraction of sp³-hybridized carbons (Fsp3) is 0.350. The maximum atomic E-state index is 13.1. The molecule has 2 aromatic rings. The predicted molar refractivity (Wildman–Crippen MR) is 97.2 cm³/mol. The first-order valence-electron chi connectivity index (χ1n) is 8.71. The average molecular weight is 353 g/mol. The molecule has 0 aliphatic carbocycles. The van der Waals surface area contributed by atoms with Crippen molar-refractivity contribution in [2.75, 3.05) is 19.7 Å². The number of aromatic nitrogens is 1. The van der Waals surface area contributed by atoms with Crippen LogP contribution in [0.2, 0.25) is 0 Å². The highest BCUT2D eigenvalue weighted by molar-refractivity contribution is 5.87.